The van der Waals surface area contributed by atoms with Gasteiger partial charge in [0.05, 0.1) is 5.56 Å². The van der Waals surface area contributed by atoms with Crippen molar-refractivity contribution < 1.29 is 19.1 Å². The molecule has 2 aromatic rings. The summed E-state index contributed by atoms with van der Waals surface area (Å²) < 4.78 is 5.24. The van der Waals surface area contributed by atoms with E-state index >= 15 is 0 Å². The third-order valence-electron chi connectivity index (χ3n) is 3.91. The Morgan fingerprint density at radius 2 is 1.68 bits per heavy atom. The van der Waals surface area contributed by atoms with Gasteiger partial charge in [-0.1, -0.05) is 12.1 Å². The second kappa shape index (κ2) is 7.61. The maximum atomic E-state index is 12.3. The van der Waals surface area contributed by atoms with E-state index in [1.54, 1.807) is 24.3 Å². The summed E-state index contributed by atoms with van der Waals surface area (Å²) in [5.41, 5.74) is 8.21. The van der Waals surface area contributed by atoms with Crippen molar-refractivity contribution in [2.24, 2.45) is 5.73 Å². The molecule has 0 saturated carbocycles. The molecule has 2 amide bonds. The molecule has 0 aliphatic carbocycles. The molecule has 0 bridgehead atoms. The maximum Gasteiger partial charge on any atom is 0.339 e. The second-order valence-corrected chi connectivity index (χ2v) is 5.73. The standard InChI is InChI=1S/C19H20N2O4/c1-11-5-4-6-16(12(11)2)19(24)25-13(3)18(23)21-15-9-7-14(8-10-15)17(20)22/h4-10,13H,1-3H3,(H2,20,22)(H,21,23)/t13-/m0/s1. The largest absolute Gasteiger partial charge is 0.449 e. The molecule has 0 spiro atoms. The number of anilines is 1. The molecule has 1 atom stereocenters. The van der Waals surface area contributed by atoms with Gasteiger partial charge in [0.25, 0.3) is 5.91 Å². The summed E-state index contributed by atoms with van der Waals surface area (Å²) in [7, 11) is 0. The highest BCUT2D eigenvalue weighted by Crippen LogP contribution is 2.15. The van der Waals surface area contributed by atoms with Crippen LogP contribution in [0.3, 0.4) is 0 Å². The quantitative estimate of drug-likeness (QED) is 0.817. The minimum atomic E-state index is -0.969. The average molecular weight is 340 g/mol. The van der Waals surface area contributed by atoms with Crippen molar-refractivity contribution in [3.63, 3.8) is 0 Å². The Balaban J connectivity index is 2.01. The number of aryl methyl sites for hydroxylation is 1. The highest BCUT2D eigenvalue weighted by Gasteiger charge is 2.20. The van der Waals surface area contributed by atoms with E-state index in [4.69, 9.17) is 10.5 Å². The number of ether oxygens (including phenoxy) is 1. The van der Waals surface area contributed by atoms with Gasteiger partial charge in [-0.15, -0.1) is 0 Å². The van der Waals surface area contributed by atoms with Crippen molar-refractivity contribution in [1.29, 1.82) is 0 Å². The second-order valence-electron chi connectivity index (χ2n) is 5.73. The number of hydrogen-bond acceptors (Lipinski definition) is 4. The van der Waals surface area contributed by atoms with E-state index in [1.807, 2.05) is 19.9 Å². The van der Waals surface area contributed by atoms with Crippen molar-refractivity contribution in [2.45, 2.75) is 26.9 Å². The third kappa shape index (κ3) is 4.44. The number of esters is 1. The van der Waals surface area contributed by atoms with Crippen LogP contribution in [0.2, 0.25) is 0 Å². The van der Waals surface area contributed by atoms with Crippen LogP contribution in [0.5, 0.6) is 0 Å². The molecule has 0 aromatic heterocycles. The van der Waals surface area contributed by atoms with Gasteiger partial charge in [-0.3, -0.25) is 9.59 Å². The third-order valence-corrected chi connectivity index (χ3v) is 3.91. The van der Waals surface area contributed by atoms with E-state index in [-0.39, 0.29) is 0 Å². The predicted octanol–water partition coefficient (Wildman–Crippen LogP) is 2.59. The van der Waals surface area contributed by atoms with Crippen LogP contribution in [0, 0.1) is 13.8 Å². The number of nitrogens with two attached hydrogens (primary N) is 1. The van der Waals surface area contributed by atoms with Gasteiger partial charge in [-0.2, -0.15) is 0 Å². The minimum absolute atomic E-state index is 0.340. The molecule has 25 heavy (non-hydrogen) atoms. The Bertz CT molecular complexity index is 813. The van der Waals surface area contributed by atoms with E-state index in [2.05, 4.69) is 5.32 Å². The Morgan fingerprint density at radius 3 is 2.28 bits per heavy atom. The molecule has 0 fully saturated rings. The van der Waals surface area contributed by atoms with Crippen LogP contribution in [-0.4, -0.2) is 23.9 Å². The fourth-order valence-corrected chi connectivity index (χ4v) is 2.21. The van der Waals surface area contributed by atoms with Gasteiger partial charge in [0, 0.05) is 11.3 Å². The van der Waals surface area contributed by atoms with Gasteiger partial charge in [-0.25, -0.2) is 4.79 Å². The normalized spacial score (nSPS) is 11.5. The summed E-state index contributed by atoms with van der Waals surface area (Å²) in [5.74, 6) is -1.56. The first kappa shape index (κ1) is 18.2. The summed E-state index contributed by atoms with van der Waals surface area (Å²) in [6.45, 7) is 5.23. The number of carbonyl (C=O) groups is 3. The fraction of sp³-hybridized carbons (Fsp3) is 0.211. The van der Waals surface area contributed by atoms with E-state index in [0.29, 0.717) is 16.8 Å². The van der Waals surface area contributed by atoms with Crippen LogP contribution in [0.25, 0.3) is 0 Å². The monoisotopic (exact) mass is 340 g/mol. The highest BCUT2D eigenvalue weighted by atomic mass is 16.5. The molecule has 6 nitrogen and oxygen atoms in total. The Morgan fingerprint density at radius 1 is 1.04 bits per heavy atom. The van der Waals surface area contributed by atoms with Crippen LogP contribution < -0.4 is 11.1 Å². The van der Waals surface area contributed by atoms with Gasteiger partial charge >= 0.3 is 5.97 Å². The summed E-state index contributed by atoms with van der Waals surface area (Å²) in [4.78, 5) is 35.4. The molecule has 2 aromatic carbocycles. The number of amides is 2. The fourth-order valence-electron chi connectivity index (χ4n) is 2.21. The van der Waals surface area contributed by atoms with Crippen LogP contribution in [0.4, 0.5) is 5.69 Å². The molecule has 0 unspecified atom stereocenters. The van der Waals surface area contributed by atoms with Gasteiger partial charge in [0.1, 0.15) is 0 Å². The van der Waals surface area contributed by atoms with Gasteiger partial charge < -0.3 is 15.8 Å². The number of benzene rings is 2. The van der Waals surface area contributed by atoms with Crippen molar-refractivity contribution >= 4 is 23.5 Å². The Hall–Kier alpha value is -3.15. The first-order valence-electron chi connectivity index (χ1n) is 7.77. The van der Waals surface area contributed by atoms with Crippen molar-refractivity contribution in [3.8, 4) is 0 Å². The maximum absolute atomic E-state index is 12.3. The van der Waals surface area contributed by atoms with Crippen molar-refractivity contribution in [2.75, 3.05) is 5.32 Å². The molecule has 0 aliphatic heterocycles. The molecule has 0 aliphatic rings. The molecular weight excluding hydrogens is 320 g/mol. The summed E-state index contributed by atoms with van der Waals surface area (Å²) in [6.07, 6.45) is -0.969. The molecule has 0 saturated heterocycles. The van der Waals surface area contributed by atoms with E-state index in [0.717, 1.165) is 11.1 Å². The van der Waals surface area contributed by atoms with Crippen LogP contribution >= 0.6 is 0 Å². The van der Waals surface area contributed by atoms with Crippen molar-refractivity contribution in [1.82, 2.24) is 0 Å². The lowest BCUT2D eigenvalue weighted by molar-refractivity contribution is -0.123. The predicted molar refractivity (Wildman–Crippen MR) is 94.4 cm³/mol. The Labute approximate surface area is 146 Å². The van der Waals surface area contributed by atoms with Gasteiger partial charge in [0.2, 0.25) is 5.91 Å². The van der Waals surface area contributed by atoms with Gasteiger partial charge in [-0.05, 0) is 62.2 Å². The Kier molecular flexibility index (Phi) is 5.54. The minimum Gasteiger partial charge on any atom is -0.449 e. The number of carbonyl (C=O) groups excluding carboxylic acids is 3. The molecular formula is C19H20N2O4. The first-order valence-corrected chi connectivity index (χ1v) is 7.77. The lowest BCUT2D eigenvalue weighted by Gasteiger charge is -2.15. The van der Waals surface area contributed by atoms with Crippen LogP contribution in [-0.2, 0) is 9.53 Å². The van der Waals surface area contributed by atoms with E-state index in [1.165, 1.54) is 19.1 Å². The lowest BCUT2D eigenvalue weighted by Crippen LogP contribution is -2.30. The molecule has 0 heterocycles. The number of nitrogens with one attached hydrogen (secondary N) is 1. The van der Waals surface area contributed by atoms with Crippen LogP contribution in [0.15, 0.2) is 42.5 Å². The summed E-state index contributed by atoms with van der Waals surface area (Å²) in [6, 6.07) is 11.4. The van der Waals surface area contributed by atoms with E-state index in [9.17, 15) is 14.4 Å². The zero-order chi connectivity index (χ0) is 18.6. The topological polar surface area (TPSA) is 98.5 Å². The highest BCUT2D eigenvalue weighted by molar-refractivity contribution is 5.98. The lowest BCUT2D eigenvalue weighted by atomic mass is 10.0. The first-order chi connectivity index (χ1) is 11.8. The summed E-state index contributed by atoms with van der Waals surface area (Å²) in [5, 5.41) is 2.62. The van der Waals surface area contributed by atoms with Crippen molar-refractivity contribution in [3.05, 3.63) is 64.7 Å². The SMILES string of the molecule is Cc1cccc(C(=O)O[C@@H](C)C(=O)Nc2ccc(C(N)=O)cc2)c1C. The van der Waals surface area contributed by atoms with Gasteiger partial charge in [0.15, 0.2) is 6.10 Å². The smallest absolute Gasteiger partial charge is 0.339 e. The molecule has 130 valence electrons. The molecule has 3 N–H and O–H groups in total. The van der Waals surface area contributed by atoms with E-state index < -0.39 is 23.9 Å². The molecule has 2 rings (SSSR count). The van der Waals surface area contributed by atoms with Crippen LogP contribution in [0.1, 0.15) is 38.8 Å². The molecule has 6 heteroatoms. The zero-order valence-corrected chi connectivity index (χ0v) is 14.3. The number of hydrogen-bond donors (Lipinski definition) is 2. The number of rotatable bonds is 5. The average Bonchev–Trinajstić information content (AvgIpc) is 2.57. The zero-order valence-electron chi connectivity index (χ0n) is 14.3. The molecule has 0 radical (unpaired) electrons. The number of primary amides is 1. The summed E-state index contributed by atoms with van der Waals surface area (Å²) >= 11 is 0.